The van der Waals surface area contributed by atoms with Gasteiger partial charge in [-0.25, -0.2) is 0 Å². The molecule has 3 rings (SSSR count). The van der Waals surface area contributed by atoms with Crippen molar-refractivity contribution in [3.05, 3.63) is 33.9 Å². The van der Waals surface area contributed by atoms with Crippen LogP contribution in [0.2, 0.25) is 0 Å². The Bertz CT molecular complexity index is 690. The van der Waals surface area contributed by atoms with Gasteiger partial charge in [0.1, 0.15) is 6.04 Å². The van der Waals surface area contributed by atoms with E-state index in [0.717, 1.165) is 24.8 Å². The third-order valence-corrected chi connectivity index (χ3v) is 5.62. The van der Waals surface area contributed by atoms with E-state index in [-0.39, 0.29) is 23.4 Å². The Morgan fingerprint density at radius 3 is 2.75 bits per heavy atom. The number of nitro groups is 1. The van der Waals surface area contributed by atoms with Crippen LogP contribution in [0.4, 0.5) is 11.4 Å². The summed E-state index contributed by atoms with van der Waals surface area (Å²) in [6.45, 7) is 1.78. The molecule has 2 amide bonds. The minimum atomic E-state index is -0.512. The van der Waals surface area contributed by atoms with Crippen LogP contribution in [0, 0.1) is 23.0 Å². The molecular weight excluding hydrogens is 330 g/mol. The first-order chi connectivity index (χ1) is 11.5. The van der Waals surface area contributed by atoms with Crippen molar-refractivity contribution in [2.45, 2.75) is 32.2 Å². The summed E-state index contributed by atoms with van der Waals surface area (Å²) < 4.78 is 0. The number of benzene rings is 1. The lowest BCUT2D eigenvalue weighted by molar-refractivity contribution is -0.384. The molecule has 0 radical (unpaired) electrons. The van der Waals surface area contributed by atoms with Crippen molar-refractivity contribution >= 4 is 35.0 Å². The van der Waals surface area contributed by atoms with Gasteiger partial charge in [-0.05, 0) is 25.3 Å². The van der Waals surface area contributed by atoms with E-state index in [1.807, 2.05) is 0 Å². The fourth-order valence-electron chi connectivity index (χ4n) is 2.84. The molecule has 1 saturated carbocycles. The minimum absolute atomic E-state index is 0.0542. The molecular formula is C16H19N3O4S. The number of nitrogens with one attached hydrogen (secondary N) is 1. The first-order valence-electron chi connectivity index (χ1n) is 7.91. The van der Waals surface area contributed by atoms with E-state index in [0.29, 0.717) is 17.3 Å². The molecule has 0 aromatic heterocycles. The Kier molecular flexibility index (Phi) is 4.75. The molecule has 128 valence electrons. The van der Waals surface area contributed by atoms with Gasteiger partial charge in [-0.3, -0.25) is 19.7 Å². The van der Waals surface area contributed by atoms with Gasteiger partial charge in [-0.2, -0.15) is 0 Å². The van der Waals surface area contributed by atoms with Crippen molar-refractivity contribution in [2.24, 2.45) is 5.92 Å². The van der Waals surface area contributed by atoms with E-state index in [4.69, 9.17) is 0 Å². The van der Waals surface area contributed by atoms with Gasteiger partial charge >= 0.3 is 0 Å². The second kappa shape index (κ2) is 6.80. The predicted octanol–water partition coefficient (Wildman–Crippen LogP) is 2.54. The average molecular weight is 349 g/mol. The lowest BCUT2D eigenvalue weighted by Crippen LogP contribution is -2.47. The first kappa shape index (κ1) is 16.8. The van der Waals surface area contributed by atoms with Crippen LogP contribution in [0.5, 0.6) is 0 Å². The average Bonchev–Trinajstić information content (AvgIpc) is 2.97. The van der Waals surface area contributed by atoms with Crippen molar-refractivity contribution in [2.75, 3.05) is 16.9 Å². The van der Waals surface area contributed by atoms with Crippen LogP contribution in [0.1, 0.15) is 24.8 Å². The SMILES string of the molecule is Cc1ccc([N+](=O)[O-])cc1NC(=O)[C@H]1CSCN1C(=O)C1CCC1. The zero-order valence-electron chi connectivity index (χ0n) is 13.4. The van der Waals surface area contributed by atoms with E-state index in [9.17, 15) is 19.7 Å². The third kappa shape index (κ3) is 3.24. The number of carbonyl (C=O) groups is 2. The topological polar surface area (TPSA) is 92.6 Å². The Morgan fingerprint density at radius 2 is 2.12 bits per heavy atom. The zero-order valence-corrected chi connectivity index (χ0v) is 14.2. The molecule has 24 heavy (non-hydrogen) atoms. The van der Waals surface area contributed by atoms with Crippen molar-refractivity contribution in [3.63, 3.8) is 0 Å². The van der Waals surface area contributed by atoms with Crippen LogP contribution in [0.15, 0.2) is 18.2 Å². The van der Waals surface area contributed by atoms with Crippen LogP contribution >= 0.6 is 11.8 Å². The molecule has 1 aromatic rings. The van der Waals surface area contributed by atoms with Crippen molar-refractivity contribution in [1.82, 2.24) is 4.90 Å². The molecule has 7 nitrogen and oxygen atoms in total. The molecule has 2 fully saturated rings. The number of anilines is 1. The fourth-order valence-corrected chi connectivity index (χ4v) is 4.00. The van der Waals surface area contributed by atoms with E-state index >= 15 is 0 Å². The van der Waals surface area contributed by atoms with Gasteiger partial charge in [-0.15, -0.1) is 11.8 Å². The highest BCUT2D eigenvalue weighted by molar-refractivity contribution is 7.99. The summed E-state index contributed by atoms with van der Waals surface area (Å²) in [5.74, 6) is 0.913. The molecule has 0 unspecified atom stereocenters. The normalized spacial score (nSPS) is 20.5. The molecule has 0 spiro atoms. The van der Waals surface area contributed by atoms with Crippen LogP contribution in [0.3, 0.4) is 0 Å². The zero-order chi connectivity index (χ0) is 17.3. The number of hydrogen-bond acceptors (Lipinski definition) is 5. The second-order valence-corrected chi connectivity index (χ2v) is 7.20. The molecule has 1 aromatic carbocycles. The predicted molar refractivity (Wildman–Crippen MR) is 91.8 cm³/mol. The molecule has 1 N–H and O–H groups in total. The number of thioether (sulfide) groups is 1. The summed E-state index contributed by atoms with van der Waals surface area (Å²) >= 11 is 1.56. The number of carbonyl (C=O) groups excluding carboxylic acids is 2. The van der Waals surface area contributed by atoms with Gasteiger partial charge in [0.05, 0.1) is 16.5 Å². The number of nitrogens with zero attached hydrogens (tertiary/aromatic N) is 2. The lowest BCUT2D eigenvalue weighted by atomic mass is 9.84. The van der Waals surface area contributed by atoms with Crippen LogP contribution in [-0.2, 0) is 9.59 Å². The quantitative estimate of drug-likeness (QED) is 0.666. The van der Waals surface area contributed by atoms with Gasteiger partial charge in [0.15, 0.2) is 0 Å². The smallest absolute Gasteiger partial charge is 0.271 e. The van der Waals surface area contributed by atoms with Gasteiger partial charge in [0.25, 0.3) is 5.69 Å². The molecule has 1 aliphatic heterocycles. The third-order valence-electron chi connectivity index (χ3n) is 4.61. The van der Waals surface area contributed by atoms with Gasteiger partial charge in [0, 0.05) is 23.8 Å². The first-order valence-corrected chi connectivity index (χ1v) is 9.07. The van der Waals surface area contributed by atoms with Crippen molar-refractivity contribution < 1.29 is 14.5 Å². The minimum Gasteiger partial charge on any atom is -0.324 e. The molecule has 1 atom stereocenters. The summed E-state index contributed by atoms with van der Waals surface area (Å²) in [5, 5.41) is 13.7. The number of nitro benzene ring substituents is 1. The Morgan fingerprint density at radius 1 is 1.38 bits per heavy atom. The van der Waals surface area contributed by atoms with Gasteiger partial charge < -0.3 is 10.2 Å². The van der Waals surface area contributed by atoms with E-state index in [1.165, 1.54) is 12.1 Å². The summed E-state index contributed by atoms with van der Waals surface area (Å²) in [5.41, 5.74) is 1.10. The van der Waals surface area contributed by atoms with Crippen molar-refractivity contribution in [3.8, 4) is 0 Å². The highest BCUT2D eigenvalue weighted by Crippen LogP contribution is 2.32. The van der Waals surface area contributed by atoms with Crippen LogP contribution in [0.25, 0.3) is 0 Å². The fraction of sp³-hybridized carbons (Fsp3) is 0.500. The highest BCUT2D eigenvalue weighted by atomic mass is 32.2. The maximum atomic E-state index is 12.6. The summed E-state index contributed by atoms with van der Waals surface area (Å²) in [6.07, 6.45) is 2.87. The number of non-ortho nitro benzene ring substituents is 1. The van der Waals surface area contributed by atoms with Gasteiger partial charge in [-0.1, -0.05) is 12.5 Å². The number of hydrogen-bond donors (Lipinski definition) is 1. The Labute approximate surface area is 143 Å². The molecule has 1 heterocycles. The maximum absolute atomic E-state index is 12.6. The van der Waals surface area contributed by atoms with Crippen LogP contribution < -0.4 is 5.32 Å². The van der Waals surface area contributed by atoms with Crippen molar-refractivity contribution in [1.29, 1.82) is 0 Å². The largest absolute Gasteiger partial charge is 0.324 e. The number of rotatable bonds is 4. The Hall–Kier alpha value is -2.09. The summed E-state index contributed by atoms with van der Waals surface area (Å²) in [6, 6.07) is 3.85. The van der Waals surface area contributed by atoms with E-state index < -0.39 is 11.0 Å². The summed E-state index contributed by atoms with van der Waals surface area (Å²) in [7, 11) is 0. The second-order valence-electron chi connectivity index (χ2n) is 6.20. The lowest BCUT2D eigenvalue weighted by Gasteiger charge is -2.31. The monoisotopic (exact) mass is 349 g/mol. The molecule has 1 saturated heterocycles. The molecule has 2 aliphatic rings. The van der Waals surface area contributed by atoms with Crippen LogP contribution in [-0.4, -0.2) is 39.3 Å². The highest BCUT2D eigenvalue weighted by Gasteiger charge is 2.39. The maximum Gasteiger partial charge on any atom is 0.271 e. The molecule has 1 aliphatic carbocycles. The van der Waals surface area contributed by atoms with E-state index in [2.05, 4.69) is 5.32 Å². The summed E-state index contributed by atoms with van der Waals surface area (Å²) in [4.78, 5) is 37.1. The molecule has 8 heteroatoms. The number of amides is 2. The van der Waals surface area contributed by atoms with E-state index in [1.54, 1.807) is 29.7 Å². The molecule has 0 bridgehead atoms. The number of aryl methyl sites for hydroxylation is 1. The van der Waals surface area contributed by atoms with Gasteiger partial charge in [0.2, 0.25) is 11.8 Å². The Balaban J connectivity index is 1.73. The standard InChI is InChI=1S/C16H19N3O4S/c1-10-5-6-12(19(22)23)7-13(10)17-15(20)14-8-24-9-18(14)16(21)11-3-2-4-11/h5-7,11,14H,2-4,8-9H2,1H3,(H,17,20)/t14-/m1/s1.